The van der Waals surface area contributed by atoms with Gasteiger partial charge in [0.1, 0.15) is 5.75 Å². The molecular formula is C24H26N2O4. The van der Waals surface area contributed by atoms with Crippen LogP contribution in [0.25, 0.3) is 21.5 Å². The molecule has 156 valence electrons. The minimum absolute atomic E-state index is 0.138. The van der Waals surface area contributed by atoms with Crippen molar-refractivity contribution in [1.82, 2.24) is 4.90 Å². The minimum atomic E-state index is -0.489. The highest BCUT2D eigenvalue weighted by Crippen LogP contribution is 2.44. The zero-order chi connectivity index (χ0) is 20.8. The first-order chi connectivity index (χ1) is 14.6. The minimum Gasteiger partial charge on any atom is -0.493 e. The zero-order valence-electron chi connectivity index (χ0n) is 17.4. The van der Waals surface area contributed by atoms with Crippen LogP contribution in [0, 0.1) is 0 Å². The lowest BCUT2D eigenvalue weighted by molar-refractivity contribution is -0.119. The van der Waals surface area contributed by atoms with Crippen LogP contribution in [0.2, 0.25) is 0 Å². The Labute approximate surface area is 175 Å². The van der Waals surface area contributed by atoms with Crippen molar-refractivity contribution >= 4 is 27.5 Å². The molecule has 5 rings (SSSR count). The van der Waals surface area contributed by atoms with Crippen LogP contribution in [-0.4, -0.2) is 44.2 Å². The predicted octanol–water partition coefficient (Wildman–Crippen LogP) is 3.39. The summed E-state index contributed by atoms with van der Waals surface area (Å²) in [6.45, 7) is 1.98. The number of ether oxygens (including phenoxy) is 3. The number of carbonyl (C=O) groups excluding carboxylic acids is 1. The van der Waals surface area contributed by atoms with E-state index in [0.29, 0.717) is 17.5 Å². The van der Waals surface area contributed by atoms with E-state index in [0.717, 1.165) is 36.0 Å². The molecule has 30 heavy (non-hydrogen) atoms. The Morgan fingerprint density at radius 2 is 1.77 bits per heavy atom. The average Bonchev–Trinajstić information content (AvgIpc) is 3.23. The van der Waals surface area contributed by atoms with E-state index < -0.39 is 5.91 Å². The molecule has 0 aromatic heterocycles. The van der Waals surface area contributed by atoms with Crippen LogP contribution in [0.5, 0.6) is 17.2 Å². The summed E-state index contributed by atoms with van der Waals surface area (Å²) in [5.74, 6) is 1.58. The molecule has 0 radical (unpaired) electrons. The van der Waals surface area contributed by atoms with Crippen LogP contribution in [0.3, 0.4) is 0 Å². The highest BCUT2D eigenvalue weighted by atomic mass is 16.5. The van der Waals surface area contributed by atoms with Gasteiger partial charge in [-0.1, -0.05) is 6.07 Å². The van der Waals surface area contributed by atoms with Crippen LogP contribution in [0.4, 0.5) is 0 Å². The average molecular weight is 406 g/mol. The molecule has 3 aromatic carbocycles. The molecule has 2 aliphatic heterocycles. The van der Waals surface area contributed by atoms with E-state index in [1.807, 2.05) is 12.1 Å². The van der Waals surface area contributed by atoms with Crippen molar-refractivity contribution in [2.45, 2.75) is 31.8 Å². The number of hydrogen-bond acceptors (Lipinski definition) is 5. The van der Waals surface area contributed by atoms with Gasteiger partial charge in [0, 0.05) is 12.6 Å². The van der Waals surface area contributed by atoms with E-state index in [-0.39, 0.29) is 6.61 Å². The van der Waals surface area contributed by atoms with Crippen molar-refractivity contribution in [2.24, 2.45) is 5.73 Å². The molecule has 1 fully saturated rings. The quantitative estimate of drug-likeness (QED) is 0.658. The lowest BCUT2D eigenvalue weighted by Crippen LogP contribution is -2.35. The molecule has 2 aliphatic rings. The number of amides is 1. The molecule has 2 N–H and O–H groups in total. The normalized spacial score (nSPS) is 18.3. The number of primary amides is 1. The Morgan fingerprint density at radius 1 is 1.03 bits per heavy atom. The largest absolute Gasteiger partial charge is 0.493 e. The number of nitrogens with two attached hydrogens (primary N) is 1. The molecule has 2 heterocycles. The van der Waals surface area contributed by atoms with E-state index >= 15 is 0 Å². The van der Waals surface area contributed by atoms with E-state index in [1.54, 1.807) is 14.2 Å². The van der Waals surface area contributed by atoms with Gasteiger partial charge in [-0.3, -0.25) is 9.69 Å². The van der Waals surface area contributed by atoms with Gasteiger partial charge in [0.15, 0.2) is 18.1 Å². The van der Waals surface area contributed by atoms with Gasteiger partial charge in [-0.05, 0) is 82.7 Å². The molecule has 0 unspecified atom stereocenters. The fourth-order valence-electron chi connectivity index (χ4n) is 5.12. The predicted molar refractivity (Wildman–Crippen MR) is 116 cm³/mol. The molecule has 6 nitrogen and oxygen atoms in total. The summed E-state index contributed by atoms with van der Waals surface area (Å²) in [7, 11) is 3.33. The number of benzene rings is 3. The molecule has 6 heteroatoms. The maximum Gasteiger partial charge on any atom is 0.255 e. The van der Waals surface area contributed by atoms with Gasteiger partial charge in [0.05, 0.1) is 14.2 Å². The summed E-state index contributed by atoms with van der Waals surface area (Å²) in [5, 5.41) is 4.62. The molecular weight excluding hydrogens is 380 g/mol. The molecule has 1 atom stereocenters. The highest BCUT2D eigenvalue weighted by Gasteiger charge is 2.32. The van der Waals surface area contributed by atoms with E-state index in [1.165, 1.54) is 34.7 Å². The van der Waals surface area contributed by atoms with Gasteiger partial charge in [0.2, 0.25) is 0 Å². The summed E-state index contributed by atoms with van der Waals surface area (Å²) in [4.78, 5) is 13.8. The fourth-order valence-corrected chi connectivity index (χ4v) is 5.12. The standard InChI is InChI=1S/C24H26N2O4/c1-28-22-10-19-17-8-14-4-3-7-26(14)12-21(17)16-6-5-15(30-13-24(25)27)9-18(16)20(19)11-23(22)29-2/h5-6,9-11,14H,3-4,7-8,12-13H2,1-2H3,(H2,25,27)/t14-/m1/s1. The smallest absolute Gasteiger partial charge is 0.255 e. The molecule has 0 saturated carbocycles. The van der Waals surface area contributed by atoms with Gasteiger partial charge in [-0.15, -0.1) is 0 Å². The van der Waals surface area contributed by atoms with Gasteiger partial charge in [-0.2, -0.15) is 0 Å². The SMILES string of the molecule is COc1cc2c3c(c4ccc(OCC(N)=O)cc4c2cc1OC)CN1CCC[C@@H]1C3. The van der Waals surface area contributed by atoms with Crippen molar-refractivity contribution in [3.8, 4) is 17.2 Å². The first kappa shape index (κ1) is 19.0. The van der Waals surface area contributed by atoms with Gasteiger partial charge >= 0.3 is 0 Å². The second kappa shape index (κ2) is 7.36. The number of carbonyl (C=O) groups is 1. The third-order valence-corrected chi connectivity index (χ3v) is 6.50. The van der Waals surface area contributed by atoms with Crippen molar-refractivity contribution in [3.63, 3.8) is 0 Å². The van der Waals surface area contributed by atoms with Crippen molar-refractivity contribution < 1.29 is 19.0 Å². The highest BCUT2D eigenvalue weighted by molar-refractivity contribution is 6.12. The van der Waals surface area contributed by atoms with Gasteiger partial charge < -0.3 is 19.9 Å². The molecule has 0 aliphatic carbocycles. The molecule has 3 aromatic rings. The van der Waals surface area contributed by atoms with Crippen LogP contribution in [0.15, 0.2) is 30.3 Å². The maximum atomic E-state index is 11.2. The summed E-state index contributed by atoms with van der Waals surface area (Å²) in [6, 6.07) is 10.8. The van der Waals surface area contributed by atoms with E-state index in [2.05, 4.69) is 23.1 Å². The monoisotopic (exact) mass is 406 g/mol. The number of rotatable bonds is 5. The Balaban J connectivity index is 1.78. The Morgan fingerprint density at radius 3 is 2.50 bits per heavy atom. The molecule has 0 spiro atoms. The number of nitrogens with zero attached hydrogens (tertiary/aromatic N) is 1. The fraction of sp³-hybridized carbons (Fsp3) is 0.375. The lowest BCUT2D eigenvalue weighted by atomic mass is 9.85. The first-order valence-corrected chi connectivity index (χ1v) is 10.4. The number of fused-ring (bicyclic) bond motifs is 7. The van der Waals surface area contributed by atoms with Crippen LogP contribution in [-0.2, 0) is 17.8 Å². The second-order valence-electron chi connectivity index (χ2n) is 8.14. The topological polar surface area (TPSA) is 74.0 Å². The summed E-state index contributed by atoms with van der Waals surface area (Å²) in [5.41, 5.74) is 8.04. The summed E-state index contributed by atoms with van der Waals surface area (Å²) >= 11 is 0. The maximum absolute atomic E-state index is 11.2. The van der Waals surface area contributed by atoms with Gasteiger partial charge in [-0.25, -0.2) is 0 Å². The summed E-state index contributed by atoms with van der Waals surface area (Å²) < 4.78 is 16.8. The third-order valence-electron chi connectivity index (χ3n) is 6.50. The Bertz CT molecular complexity index is 1160. The first-order valence-electron chi connectivity index (χ1n) is 10.4. The van der Waals surface area contributed by atoms with E-state index in [4.69, 9.17) is 19.9 Å². The number of hydrogen-bond donors (Lipinski definition) is 1. The lowest BCUT2D eigenvalue weighted by Gasteiger charge is -2.33. The number of methoxy groups -OCH3 is 2. The van der Waals surface area contributed by atoms with E-state index in [9.17, 15) is 4.79 Å². The molecule has 1 amide bonds. The third kappa shape index (κ3) is 3.03. The zero-order valence-corrected chi connectivity index (χ0v) is 17.4. The Kier molecular flexibility index (Phi) is 4.66. The Hall–Kier alpha value is -2.99. The van der Waals surface area contributed by atoms with Gasteiger partial charge in [0.25, 0.3) is 5.91 Å². The molecule has 0 bridgehead atoms. The second-order valence-corrected chi connectivity index (χ2v) is 8.14. The van der Waals surface area contributed by atoms with Crippen molar-refractivity contribution in [1.29, 1.82) is 0 Å². The van der Waals surface area contributed by atoms with Crippen molar-refractivity contribution in [3.05, 3.63) is 41.5 Å². The molecule has 1 saturated heterocycles. The van der Waals surface area contributed by atoms with Crippen LogP contribution >= 0.6 is 0 Å². The van der Waals surface area contributed by atoms with Crippen molar-refractivity contribution in [2.75, 3.05) is 27.4 Å². The van der Waals surface area contributed by atoms with Crippen LogP contribution < -0.4 is 19.9 Å². The summed E-state index contributed by atoms with van der Waals surface area (Å²) in [6.07, 6.45) is 3.57. The van der Waals surface area contributed by atoms with Crippen LogP contribution in [0.1, 0.15) is 24.0 Å².